The second-order valence-electron chi connectivity index (χ2n) is 6.28. The number of aromatic nitrogens is 2. The molecule has 7 heteroatoms. The van der Waals surface area contributed by atoms with Crippen molar-refractivity contribution in [2.75, 3.05) is 19.5 Å². The summed E-state index contributed by atoms with van der Waals surface area (Å²) in [5.41, 5.74) is 0.793. The van der Waals surface area contributed by atoms with Crippen LogP contribution in [0.2, 0.25) is 0 Å². The highest BCUT2D eigenvalue weighted by atomic mass is 16.5. The average molecular weight is 357 g/mol. The maximum absolute atomic E-state index is 12.4. The molecular weight excluding hydrogens is 334 g/mol. The van der Waals surface area contributed by atoms with Crippen LogP contribution in [0.3, 0.4) is 0 Å². The Balaban J connectivity index is 2.13. The SMILES string of the molecule is COC(=O)c1nn(-c2ccccc2)c(NC2CCCCC2)c1C(=O)OC. The van der Waals surface area contributed by atoms with Gasteiger partial charge in [-0.25, -0.2) is 14.3 Å². The molecule has 1 fully saturated rings. The summed E-state index contributed by atoms with van der Waals surface area (Å²) in [5, 5.41) is 7.79. The first kappa shape index (κ1) is 18.0. The Bertz CT molecular complexity index is 780. The minimum atomic E-state index is -0.674. The number of ether oxygens (including phenoxy) is 2. The van der Waals surface area contributed by atoms with Crippen molar-refractivity contribution in [3.05, 3.63) is 41.6 Å². The van der Waals surface area contributed by atoms with E-state index in [1.54, 1.807) is 4.68 Å². The number of carbonyl (C=O) groups excluding carboxylic acids is 2. The number of hydrogen-bond donors (Lipinski definition) is 1. The number of benzene rings is 1. The number of esters is 2. The van der Waals surface area contributed by atoms with Crippen molar-refractivity contribution in [1.82, 2.24) is 9.78 Å². The fourth-order valence-electron chi connectivity index (χ4n) is 3.28. The predicted molar refractivity (Wildman–Crippen MR) is 96.7 cm³/mol. The molecule has 1 N–H and O–H groups in total. The lowest BCUT2D eigenvalue weighted by Gasteiger charge is -2.24. The molecule has 0 amide bonds. The van der Waals surface area contributed by atoms with Gasteiger partial charge >= 0.3 is 11.9 Å². The van der Waals surface area contributed by atoms with Crippen molar-refractivity contribution in [3.8, 4) is 5.69 Å². The van der Waals surface area contributed by atoms with E-state index in [-0.39, 0.29) is 17.3 Å². The fourth-order valence-corrected chi connectivity index (χ4v) is 3.28. The Kier molecular flexibility index (Phi) is 5.55. The highest BCUT2D eigenvalue weighted by molar-refractivity contribution is 6.05. The molecule has 3 rings (SSSR count). The molecule has 0 atom stereocenters. The standard InChI is InChI=1S/C19H23N3O4/c1-25-18(23)15-16(19(24)26-2)21-22(14-11-7-4-8-12-14)17(15)20-13-9-5-3-6-10-13/h4,7-8,11-13,20H,3,5-6,9-10H2,1-2H3. The van der Waals surface area contributed by atoms with E-state index in [4.69, 9.17) is 9.47 Å². The van der Waals surface area contributed by atoms with E-state index in [0.29, 0.717) is 5.82 Å². The number of anilines is 1. The molecule has 0 spiro atoms. The molecule has 1 aliphatic carbocycles. The van der Waals surface area contributed by atoms with Crippen molar-refractivity contribution >= 4 is 17.8 Å². The highest BCUT2D eigenvalue weighted by Crippen LogP contribution is 2.29. The Labute approximate surface area is 152 Å². The van der Waals surface area contributed by atoms with Gasteiger partial charge in [-0.3, -0.25) is 0 Å². The molecule has 2 aromatic rings. The second kappa shape index (κ2) is 8.03. The molecule has 138 valence electrons. The molecular formula is C19H23N3O4. The number of nitrogens with zero attached hydrogens (tertiary/aromatic N) is 2. The highest BCUT2D eigenvalue weighted by Gasteiger charge is 2.31. The summed E-state index contributed by atoms with van der Waals surface area (Å²) >= 11 is 0. The van der Waals surface area contributed by atoms with Gasteiger partial charge in [-0.15, -0.1) is 0 Å². The third-order valence-electron chi connectivity index (χ3n) is 4.60. The smallest absolute Gasteiger partial charge is 0.359 e. The van der Waals surface area contributed by atoms with Crippen LogP contribution in [0.1, 0.15) is 53.0 Å². The van der Waals surface area contributed by atoms with Crippen LogP contribution in [0.4, 0.5) is 5.82 Å². The van der Waals surface area contributed by atoms with Gasteiger partial charge < -0.3 is 14.8 Å². The summed E-state index contributed by atoms with van der Waals surface area (Å²) < 4.78 is 11.3. The van der Waals surface area contributed by atoms with Crippen LogP contribution < -0.4 is 5.32 Å². The van der Waals surface area contributed by atoms with Gasteiger partial charge in [0.1, 0.15) is 11.4 Å². The number of methoxy groups -OCH3 is 2. The maximum Gasteiger partial charge on any atom is 0.359 e. The van der Waals surface area contributed by atoms with Crippen LogP contribution in [0.25, 0.3) is 5.69 Å². The van der Waals surface area contributed by atoms with Crippen LogP contribution in [0, 0.1) is 0 Å². The molecule has 26 heavy (non-hydrogen) atoms. The van der Waals surface area contributed by atoms with Crippen LogP contribution in [0.5, 0.6) is 0 Å². The van der Waals surface area contributed by atoms with E-state index in [0.717, 1.165) is 31.4 Å². The van der Waals surface area contributed by atoms with Crippen molar-refractivity contribution in [2.24, 2.45) is 0 Å². The third-order valence-corrected chi connectivity index (χ3v) is 4.60. The Morgan fingerprint density at radius 3 is 2.31 bits per heavy atom. The number of carbonyl (C=O) groups is 2. The lowest BCUT2D eigenvalue weighted by atomic mass is 9.95. The van der Waals surface area contributed by atoms with Gasteiger partial charge in [-0.2, -0.15) is 5.10 Å². The number of rotatable bonds is 5. The minimum Gasteiger partial charge on any atom is -0.465 e. The van der Waals surface area contributed by atoms with Crippen molar-refractivity contribution in [2.45, 2.75) is 38.1 Å². The van der Waals surface area contributed by atoms with Gasteiger partial charge in [0, 0.05) is 6.04 Å². The van der Waals surface area contributed by atoms with Crippen molar-refractivity contribution in [3.63, 3.8) is 0 Å². The summed E-state index contributed by atoms with van der Waals surface area (Å²) in [6.45, 7) is 0. The predicted octanol–water partition coefficient (Wildman–Crippen LogP) is 3.19. The molecule has 7 nitrogen and oxygen atoms in total. The molecule has 1 saturated carbocycles. The van der Waals surface area contributed by atoms with Gasteiger partial charge in [0.25, 0.3) is 0 Å². The first-order valence-electron chi connectivity index (χ1n) is 8.77. The second-order valence-corrected chi connectivity index (χ2v) is 6.28. The molecule has 0 bridgehead atoms. The molecule has 0 aliphatic heterocycles. The van der Waals surface area contributed by atoms with E-state index >= 15 is 0 Å². The fraction of sp³-hybridized carbons (Fsp3) is 0.421. The van der Waals surface area contributed by atoms with E-state index in [1.165, 1.54) is 20.6 Å². The van der Waals surface area contributed by atoms with Crippen LogP contribution >= 0.6 is 0 Å². The molecule has 1 aromatic carbocycles. The Hall–Kier alpha value is -2.83. The first-order chi connectivity index (χ1) is 12.7. The van der Waals surface area contributed by atoms with Gasteiger partial charge in [0.15, 0.2) is 5.69 Å². The lowest BCUT2D eigenvalue weighted by molar-refractivity contribution is 0.0552. The molecule has 0 unspecified atom stereocenters. The molecule has 0 radical (unpaired) electrons. The van der Waals surface area contributed by atoms with Crippen LogP contribution in [0.15, 0.2) is 30.3 Å². The molecule has 1 aromatic heterocycles. The maximum atomic E-state index is 12.4. The normalized spacial score (nSPS) is 14.7. The summed E-state index contributed by atoms with van der Waals surface area (Å²) in [6.07, 6.45) is 5.50. The van der Waals surface area contributed by atoms with Gasteiger partial charge in [-0.1, -0.05) is 37.5 Å². The number of hydrogen-bond acceptors (Lipinski definition) is 6. The lowest BCUT2D eigenvalue weighted by Crippen LogP contribution is -2.25. The van der Waals surface area contributed by atoms with Gasteiger partial charge in [-0.05, 0) is 25.0 Å². The van der Waals surface area contributed by atoms with Crippen LogP contribution in [-0.4, -0.2) is 42.0 Å². The monoisotopic (exact) mass is 357 g/mol. The van der Waals surface area contributed by atoms with E-state index in [1.807, 2.05) is 30.3 Å². The van der Waals surface area contributed by atoms with E-state index in [2.05, 4.69) is 10.4 Å². The molecule has 0 saturated heterocycles. The summed E-state index contributed by atoms with van der Waals surface area (Å²) in [4.78, 5) is 24.6. The Morgan fingerprint density at radius 2 is 1.69 bits per heavy atom. The zero-order valence-electron chi connectivity index (χ0n) is 15.0. The third kappa shape index (κ3) is 3.56. The topological polar surface area (TPSA) is 82.5 Å². The molecule has 1 heterocycles. The quantitative estimate of drug-likeness (QED) is 0.828. The molecule has 1 aliphatic rings. The van der Waals surface area contributed by atoms with Crippen LogP contribution in [-0.2, 0) is 9.47 Å². The average Bonchev–Trinajstić information content (AvgIpc) is 3.07. The summed E-state index contributed by atoms with van der Waals surface area (Å²) in [5.74, 6) is -0.826. The zero-order valence-corrected chi connectivity index (χ0v) is 15.0. The Morgan fingerprint density at radius 1 is 1.04 bits per heavy atom. The number of para-hydroxylation sites is 1. The number of nitrogens with one attached hydrogen (secondary N) is 1. The van der Waals surface area contributed by atoms with Gasteiger partial charge in [0.05, 0.1) is 19.9 Å². The van der Waals surface area contributed by atoms with Gasteiger partial charge in [0.2, 0.25) is 0 Å². The minimum absolute atomic E-state index is 0.0542. The van der Waals surface area contributed by atoms with E-state index < -0.39 is 11.9 Å². The summed E-state index contributed by atoms with van der Waals surface area (Å²) in [6, 6.07) is 9.58. The first-order valence-corrected chi connectivity index (χ1v) is 8.77. The zero-order chi connectivity index (χ0) is 18.5. The largest absolute Gasteiger partial charge is 0.465 e. The summed E-state index contributed by atoms with van der Waals surface area (Å²) in [7, 11) is 2.55. The van der Waals surface area contributed by atoms with Crippen molar-refractivity contribution < 1.29 is 19.1 Å². The van der Waals surface area contributed by atoms with E-state index in [9.17, 15) is 9.59 Å². The van der Waals surface area contributed by atoms with Crippen molar-refractivity contribution in [1.29, 1.82) is 0 Å².